The van der Waals surface area contributed by atoms with Crippen LogP contribution in [0, 0.1) is 0 Å². The van der Waals surface area contributed by atoms with E-state index in [-0.39, 0.29) is 0 Å². The van der Waals surface area contributed by atoms with E-state index in [1.807, 2.05) is 6.26 Å². The van der Waals surface area contributed by atoms with Crippen molar-refractivity contribution < 1.29 is 4.42 Å². The molecule has 4 aromatic rings. The predicted octanol–water partition coefficient (Wildman–Crippen LogP) is 5.57. The quantitative estimate of drug-likeness (QED) is 0.444. The van der Waals surface area contributed by atoms with Gasteiger partial charge in [0.2, 0.25) is 0 Å². The van der Waals surface area contributed by atoms with Crippen molar-refractivity contribution in [3.63, 3.8) is 0 Å². The smallest absolute Gasteiger partial charge is 0.135 e. The van der Waals surface area contributed by atoms with E-state index >= 15 is 0 Å². The van der Waals surface area contributed by atoms with E-state index in [0.717, 1.165) is 12.0 Å². The third-order valence-corrected chi connectivity index (χ3v) is 4.58. The number of fused-ring (bicyclic) bond motifs is 2. The molecule has 0 spiro atoms. The average molecular weight is 282 g/mol. The molecule has 1 aliphatic carbocycles. The second-order valence-corrected chi connectivity index (χ2v) is 5.79. The maximum Gasteiger partial charge on any atom is 0.135 e. The zero-order valence-corrected chi connectivity index (χ0v) is 12.0. The molecule has 22 heavy (non-hydrogen) atoms. The lowest BCUT2D eigenvalue weighted by atomic mass is 9.86. The predicted molar refractivity (Wildman–Crippen MR) is 90.9 cm³/mol. The van der Waals surface area contributed by atoms with Crippen LogP contribution in [0.4, 0.5) is 0 Å². The van der Waals surface area contributed by atoms with Gasteiger partial charge in [-0.3, -0.25) is 0 Å². The van der Waals surface area contributed by atoms with Gasteiger partial charge in [-0.25, -0.2) is 0 Å². The molecule has 0 aliphatic heterocycles. The molecule has 1 aromatic heterocycles. The monoisotopic (exact) mass is 282 g/mol. The summed E-state index contributed by atoms with van der Waals surface area (Å²) >= 11 is 0. The van der Waals surface area contributed by atoms with Crippen LogP contribution < -0.4 is 0 Å². The fraction of sp³-hybridized carbons (Fsp3) is 0.0476. The molecule has 104 valence electrons. The zero-order chi connectivity index (χ0) is 14.5. The molecule has 0 saturated carbocycles. The minimum Gasteiger partial charge on any atom is -0.464 e. The summed E-state index contributed by atoms with van der Waals surface area (Å²) in [5, 5.41) is 3.86. The first-order chi connectivity index (χ1) is 10.9. The molecule has 0 bridgehead atoms. The van der Waals surface area contributed by atoms with Crippen molar-refractivity contribution >= 4 is 27.3 Å². The number of allylic oxidation sites excluding steroid dienone is 1. The van der Waals surface area contributed by atoms with Crippen LogP contribution in [0.3, 0.4) is 0 Å². The highest BCUT2D eigenvalue weighted by Gasteiger charge is 2.21. The van der Waals surface area contributed by atoms with Gasteiger partial charge in [-0.2, -0.15) is 0 Å². The van der Waals surface area contributed by atoms with Crippen molar-refractivity contribution in [1.29, 1.82) is 0 Å². The van der Waals surface area contributed by atoms with E-state index in [1.54, 1.807) is 0 Å². The lowest BCUT2D eigenvalue weighted by Gasteiger charge is -2.16. The zero-order valence-electron chi connectivity index (χ0n) is 12.0. The highest BCUT2D eigenvalue weighted by atomic mass is 16.3. The molecular weight excluding hydrogens is 268 g/mol. The van der Waals surface area contributed by atoms with E-state index < -0.39 is 0 Å². The number of hydrogen-bond donors (Lipinski definition) is 0. The largest absolute Gasteiger partial charge is 0.464 e. The van der Waals surface area contributed by atoms with Crippen LogP contribution in [0.2, 0.25) is 0 Å². The Kier molecular flexibility index (Phi) is 2.33. The first-order valence-electron chi connectivity index (χ1n) is 7.59. The van der Waals surface area contributed by atoms with Crippen molar-refractivity contribution in [2.24, 2.45) is 0 Å². The summed E-state index contributed by atoms with van der Waals surface area (Å²) in [5.41, 5.74) is 6.13. The molecule has 1 heterocycles. The minimum atomic E-state index is 0.953. The third-order valence-electron chi connectivity index (χ3n) is 4.58. The van der Waals surface area contributed by atoms with Crippen LogP contribution in [-0.2, 0) is 6.42 Å². The Balaban J connectivity index is 1.85. The fourth-order valence-corrected chi connectivity index (χ4v) is 3.58. The van der Waals surface area contributed by atoms with Crippen LogP contribution in [0.15, 0.2) is 77.4 Å². The van der Waals surface area contributed by atoms with E-state index in [0.29, 0.717) is 0 Å². The van der Waals surface area contributed by atoms with E-state index in [2.05, 4.69) is 66.7 Å². The van der Waals surface area contributed by atoms with Gasteiger partial charge < -0.3 is 4.42 Å². The van der Waals surface area contributed by atoms with Crippen molar-refractivity contribution in [3.8, 4) is 0 Å². The molecule has 5 rings (SSSR count). The first kappa shape index (κ1) is 11.8. The van der Waals surface area contributed by atoms with Gasteiger partial charge in [0.15, 0.2) is 0 Å². The SMILES string of the molecule is C1=C(c2ccccc2)c2coc3cc4ccccc4c(c23)C1. The molecule has 0 atom stereocenters. The molecular formula is C21H14O. The van der Waals surface area contributed by atoms with Crippen LogP contribution in [-0.4, -0.2) is 0 Å². The topological polar surface area (TPSA) is 13.1 Å². The normalized spacial score (nSPS) is 13.5. The first-order valence-corrected chi connectivity index (χ1v) is 7.59. The van der Waals surface area contributed by atoms with Gasteiger partial charge in [-0.15, -0.1) is 0 Å². The Morgan fingerprint density at radius 1 is 0.864 bits per heavy atom. The average Bonchev–Trinajstić information content (AvgIpc) is 3.01. The third kappa shape index (κ3) is 1.54. The second-order valence-electron chi connectivity index (χ2n) is 5.79. The molecule has 0 fully saturated rings. The van der Waals surface area contributed by atoms with Crippen LogP contribution in [0.25, 0.3) is 27.3 Å². The van der Waals surface area contributed by atoms with Gasteiger partial charge in [-0.1, -0.05) is 60.7 Å². The molecule has 0 radical (unpaired) electrons. The number of benzene rings is 3. The molecule has 3 aromatic carbocycles. The fourth-order valence-electron chi connectivity index (χ4n) is 3.58. The Morgan fingerprint density at radius 2 is 1.68 bits per heavy atom. The lowest BCUT2D eigenvalue weighted by Crippen LogP contribution is -1.97. The Bertz CT molecular complexity index is 1040. The Labute approximate surface area is 128 Å². The Hall–Kier alpha value is -2.80. The van der Waals surface area contributed by atoms with Gasteiger partial charge in [0.05, 0.1) is 6.26 Å². The second kappa shape index (κ2) is 4.35. The molecule has 1 heteroatoms. The Morgan fingerprint density at radius 3 is 2.59 bits per heavy atom. The van der Waals surface area contributed by atoms with Gasteiger partial charge in [0, 0.05) is 10.9 Å². The highest BCUT2D eigenvalue weighted by molar-refractivity contribution is 6.08. The summed E-state index contributed by atoms with van der Waals surface area (Å²) in [5.74, 6) is 0. The van der Waals surface area contributed by atoms with E-state index in [9.17, 15) is 0 Å². The summed E-state index contributed by atoms with van der Waals surface area (Å²) in [6, 6.07) is 21.3. The summed E-state index contributed by atoms with van der Waals surface area (Å²) in [7, 11) is 0. The standard InChI is InChI=1S/C21H14O/c1-2-6-14(7-3-1)17-10-11-18-16-9-5-4-8-15(16)12-20-21(18)19(17)13-22-20/h1-10,12-13H,11H2. The van der Waals surface area contributed by atoms with E-state index in [4.69, 9.17) is 4.42 Å². The molecule has 0 unspecified atom stereocenters. The molecule has 1 nitrogen and oxygen atoms in total. The lowest BCUT2D eigenvalue weighted by molar-refractivity contribution is 0.615. The maximum atomic E-state index is 5.88. The molecule has 0 saturated heterocycles. The van der Waals surface area contributed by atoms with E-state index in [1.165, 1.54) is 38.4 Å². The van der Waals surface area contributed by atoms with Gasteiger partial charge in [-0.05, 0) is 40.0 Å². The minimum absolute atomic E-state index is 0.953. The molecule has 0 N–H and O–H groups in total. The van der Waals surface area contributed by atoms with Gasteiger partial charge in [0.25, 0.3) is 0 Å². The summed E-state index contributed by atoms with van der Waals surface area (Å²) < 4.78 is 5.88. The number of rotatable bonds is 1. The van der Waals surface area contributed by atoms with Crippen molar-refractivity contribution in [1.82, 2.24) is 0 Å². The highest BCUT2D eigenvalue weighted by Crippen LogP contribution is 2.40. The van der Waals surface area contributed by atoms with Crippen molar-refractivity contribution in [3.05, 3.63) is 89.7 Å². The van der Waals surface area contributed by atoms with Crippen LogP contribution in [0.1, 0.15) is 16.7 Å². The summed E-state index contributed by atoms with van der Waals surface area (Å²) in [6.45, 7) is 0. The van der Waals surface area contributed by atoms with Crippen LogP contribution in [0.5, 0.6) is 0 Å². The van der Waals surface area contributed by atoms with Crippen molar-refractivity contribution in [2.45, 2.75) is 6.42 Å². The molecule has 0 amide bonds. The maximum absolute atomic E-state index is 5.88. The number of hydrogen-bond acceptors (Lipinski definition) is 1. The number of furan rings is 1. The van der Waals surface area contributed by atoms with Crippen molar-refractivity contribution in [2.75, 3.05) is 0 Å². The van der Waals surface area contributed by atoms with Gasteiger partial charge in [0.1, 0.15) is 5.58 Å². The molecule has 1 aliphatic rings. The van der Waals surface area contributed by atoms with Gasteiger partial charge >= 0.3 is 0 Å². The van der Waals surface area contributed by atoms with Crippen LogP contribution >= 0.6 is 0 Å². The summed E-state index contributed by atoms with van der Waals surface area (Å²) in [6.07, 6.45) is 5.19. The summed E-state index contributed by atoms with van der Waals surface area (Å²) in [4.78, 5) is 0.